The molecule has 0 spiro atoms. The number of urea groups is 1. The Bertz CT molecular complexity index is 780. The van der Waals surface area contributed by atoms with Gasteiger partial charge < -0.3 is 14.3 Å². The van der Waals surface area contributed by atoms with Gasteiger partial charge in [-0.25, -0.2) is 4.79 Å². The van der Waals surface area contributed by atoms with Gasteiger partial charge in [-0.05, 0) is 5.56 Å². The number of benzene rings is 1. The molecule has 0 saturated heterocycles. The Kier molecular flexibility index (Phi) is 5.26. The molecule has 1 aromatic heterocycles. The summed E-state index contributed by atoms with van der Waals surface area (Å²) >= 11 is 0. The zero-order valence-corrected chi connectivity index (χ0v) is 13.4. The van der Waals surface area contributed by atoms with E-state index in [1.807, 2.05) is 6.07 Å². The molecule has 0 N–H and O–H groups in total. The molecule has 7 nitrogen and oxygen atoms in total. The minimum Gasteiger partial charge on any atom is -0.329 e. The molecule has 10 heteroatoms. The van der Waals surface area contributed by atoms with Gasteiger partial charge in [0.15, 0.2) is 0 Å². The Morgan fingerprint density at radius 2 is 1.88 bits per heavy atom. The van der Waals surface area contributed by atoms with Crippen molar-refractivity contribution in [3.05, 3.63) is 35.7 Å². The summed E-state index contributed by atoms with van der Waals surface area (Å²) in [7, 11) is 3.10. The topological polar surface area (TPSA) is 86.3 Å². The first-order chi connectivity index (χ1) is 11.7. The fourth-order valence-corrected chi connectivity index (χ4v) is 2.02. The number of rotatable bonds is 4. The van der Waals surface area contributed by atoms with Crippen LogP contribution < -0.4 is 0 Å². The van der Waals surface area contributed by atoms with Crippen molar-refractivity contribution in [3.63, 3.8) is 0 Å². The molecule has 25 heavy (non-hydrogen) atoms. The van der Waals surface area contributed by atoms with Crippen LogP contribution in [0.2, 0.25) is 0 Å². The van der Waals surface area contributed by atoms with E-state index in [1.54, 1.807) is 19.2 Å². The Morgan fingerprint density at radius 3 is 2.40 bits per heavy atom. The molecule has 2 rings (SSSR count). The first-order valence-electron chi connectivity index (χ1n) is 7.05. The first kappa shape index (κ1) is 18.3. The number of halogens is 3. The lowest BCUT2D eigenvalue weighted by molar-refractivity contribution is -0.159. The molecule has 2 aromatic rings. The summed E-state index contributed by atoms with van der Waals surface area (Å²) in [5.41, 5.74) is 1.11. The molecular weight excluding hydrogens is 339 g/mol. The Morgan fingerprint density at radius 1 is 1.24 bits per heavy atom. The number of nitrogens with zero attached hydrogens (tertiary/aromatic N) is 5. The van der Waals surface area contributed by atoms with Gasteiger partial charge >= 0.3 is 18.1 Å². The third-order valence-electron chi connectivity index (χ3n) is 3.26. The highest BCUT2D eigenvalue weighted by atomic mass is 19.4. The third-order valence-corrected chi connectivity index (χ3v) is 3.26. The van der Waals surface area contributed by atoms with Crippen LogP contribution in [0.4, 0.5) is 18.0 Å². The molecule has 0 saturated carbocycles. The lowest BCUT2D eigenvalue weighted by atomic mass is 10.1. The summed E-state index contributed by atoms with van der Waals surface area (Å²) in [5, 5.41) is 11.9. The van der Waals surface area contributed by atoms with Crippen LogP contribution in [0, 0.1) is 11.3 Å². The summed E-state index contributed by atoms with van der Waals surface area (Å²) in [4.78, 5) is 18.0. The molecule has 0 fully saturated rings. The van der Waals surface area contributed by atoms with Crippen LogP contribution in [0.3, 0.4) is 0 Å². The summed E-state index contributed by atoms with van der Waals surface area (Å²) in [6.07, 6.45) is -4.69. The SMILES string of the molecule is CN(CC#N)C(=O)N(C)Cc1ccc(-c2noc(C(F)(F)F)n2)cc1. The fourth-order valence-electron chi connectivity index (χ4n) is 2.02. The van der Waals surface area contributed by atoms with Gasteiger partial charge in [-0.15, -0.1) is 0 Å². The van der Waals surface area contributed by atoms with Crippen molar-refractivity contribution >= 4 is 6.03 Å². The summed E-state index contributed by atoms with van der Waals surface area (Å²) in [6, 6.07) is 7.93. The predicted molar refractivity (Wildman–Crippen MR) is 79.8 cm³/mol. The van der Waals surface area contributed by atoms with Crippen LogP contribution in [-0.4, -0.2) is 46.6 Å². The number of alkyl halides is 3. The standard InChI is InChI=1S/C15H14F3N5O2/c1-22(8-7-19)14(24)23(2)9-10-3-5-11(6-4-10)12-20-13(25-21-12)15(16,17)18/h3-6H,8-9H2,1-2H3. The zero-order valence-electron chi connectivity index (χ0n) is 13.4. The van der Waals surface area contributed by atoms with E-state index in [0.29, 0.717) is 5.56 Å². The molecule has 0 unspecified atom stereocenters. The molecule has 0 aliphatic heterocycles. The molecule has 0 radical (unpaired) electrons. The zero-order chi connectivity index (χ0) is 18.6. The van der Waals surface area contributed by atoms with Crippen molar-refractivity contribution in [2.75, 3.05) is 20.6 Å². The van der Waals surface area contributed by atoms with E-state index in [1.165, 1.54) is 29.0 Å². The van der Waals surface area contributed by atoms with Crippen LogP contribution in [0.15, 0.2) is 28.8 Å². The highest BCUT2D eigenvalue weighted by Crippen LogP contribution is 2.29. The van der Waals surface area contributed by atoms with Gasteiger partial charge in [-0.1, -0.05) is 29.4 Å². The molecule has 2 amide bonds. The van der Waals surface area contributed by atoms with E-state index in [0.717, 1.165) is 5.56 Å². The van der Waals surface area contributed by atoms with Gasteiger partial charge in [0.05, 0.1) is 6.07 Å². The number of amides is 2. The molecule has 132 valence electrons. The minimum absolute atomic E-state index is 0.0263. The van der Waals surface area contributed by atoms with E-state index in [4.69, 9.17) is 5.26 Å². The summed E-state index contributed by atoms with van der Waals surface area (Å²) < 4.78 is 41.6. The van der Waals surface area contributed by atoms with Crippen molar-refractivity contribution in [2.45, 2.75) is 12.7 Å². The highest BCUT2D eigenvalue weighted by molar-refractivity contribution is 5.74. The quantitative estimate of drug-likeness (QED) is 0.789. The van der Waals surface area contributed by atoms with Gasteiger partial charge in [-0.3, -0.25) is 0 Å². The fraction of sp³-hybridized carbons (Fsp3) is 0.333. The van der Waals surface area contributed by atoms with Crippen molar-refractivity contribution in [1.82, 2.24) is 19.9 Å². The van der Waals surface area contributed by atoms with Gasteiger partial charge in [0.25, 0.3) is 0 Å². The molecule has 0 bridgehead atoms. The lowest BCUT2D eigenvalue weighted by Gasteiger charge is -2.23. The smallest absolute Gasteiger partial charge is 0.329 e. The second-order valence-corrected chi connectivity index (χ2v) is 5.27. The second kappa shape index (κ2) is 7.21. The van der Waals surface area contributed by atoms with Crippen LogP contribution in [0.5, 0.6) is 0 Å². The Labute approximate surface area is 141 Å². The molecule has 1 aromatic carbocycles. The number of aromatic nitrogens is 2. The first-order valence-corrected chi connectivity index (χ1v) is 7.05. The maximum Gasteiger partial charge on any atom is 0.471 e. The number of carbonyl (C=O) groups excluding carboxylic acids is 1. The monoisotopic (exact) mass is 353 g/mol. The van der Waals surface area contributed by atoms with Crippen molar-refractivity contribution in [1.29, 1.82) is 5.26 Å². The average molecular weight is 353 g/mol. The van der Waals surface area contributed by atoms with E-state index >= 15 is 0 Å². The summed E-state index contributed by atoms with van der Waals surface area (Å²) in [6.45, 7) is 0.246. The molecule has 1 heterocycles. The number of nitriles is 1. The van der Waals surface area contributed by atoms with Gasteiger partial charge in [0.2, 0.25) is 5.82 Å². The maximum atomic E-state index is 12.5. The molecular formula is C15H14F3N5O2. The van der Waals surface area contributed by atoms with Crippen LogP contribution >= 0.6 is 0 Å². The van der Waals surface area contributed by atoms with Crippen LogP contribution in [0.25, 0.3) is 11.4 Å². The number of hydrogen-bond donors (Lipinski definition) is 0. The molecule has 0 aliphatic carbocycles. The maximum absolute atomic E-state index is 12.5. The normalized spacial score (nSPS) is 11.0. The van der Waals surface area contributed by atoms with Crippen LogP contribution in [-0.2, 0) is 12.7 Å². The summed E-state index contributed by atoms with van der Waals surface area (Å²) in [5.74, 6) is -1.57. The number of carbonyl (C=O) groups is 1. The van der Waals surface area contributed by atoms with Crippen molar-refractivity contribution in [3.8, 4) is 17.5 Å². The minimum atomic E-state index is -4.69. The van der Waals surface area contributed by atoms with Gasteiger partial charge in [0, 0.05) is 26.2 Å². The van der Waals surface area contributed by atoms with Crippen molar-refractivity contribution < 1.29 is 22.5 Å². The van der Waals surface area contributed by atoms with E-state index in [-0.39, 0.29) is 24.9 Å². The van der Waals surface area contributed by atoms with E-state index < -0.39 is 12.1 Å². The average Bonchev–Trinajstić information content (AvgIpc) is 3.05. The van der Waals surface area contributed by atoms with Gasteiger partial charge in [-0.2, -0.15) is 23.4 Å². The third kappa shape index (κ3) is 4.47. The predicted octanol–water partition coefficient (Wildman–Crippen LogP) is 2.76. The van der Waals surface area contributed by atoms with Gasteiger partial charge in [0.1, 0.15) is 6.54 Å². The largest absolute Gasteiger partial charge is 0.471 e. The van der Waals surface area contributed by atoms with Crippen LogP contribution in [0.1, 0.15) is 11.5 Å². The Balaban J connectivity index is 2.06. The van der Waals surface area contributed by atoms with Crippen molar-refractivity contribution in [2.24, 2.45) is 0 Å². The van der Waals surface area contributed by atoms with E-state index in [2.05, 4.69) is 14.7 Å². The molecule has 0 atom stereocenters. The lowest BCUT2D eigenvalue weighted by Crippen LogP contribution is -2.38. The Hall–Kier alpha value is -3.09. The number of hydrogen-bond acceptors (Lipinski definition) is 5. The molecule has 0 aliphatic rings. The van der Waals surface area contributed by atoms with E-state index in [9.17, 15) is 18.0 Å². The second-order valence-electron chi connectivity index (χ2n) is 5.27. The highest BCUT2D eigenvalue weighted by Gasteiger charge is 2.38.